The van der Waals surface area contributed by atoms with E-state index in [0.717, 1.165) is 42.7 Å². The third-order valence-corrected chi connectivity index (χ3v) is 4.76. The third kappa shape index (κ3) is 2.64. The molecule has 0 bridgehead atoms. The number of ether oxygens (including phenoxy) is 1. The summed E-state index contributed by atoms with van der Waals surface area (Å²) < 4.78 is 5.57. The van der Waals surface area contributed by atoms with Gasteiger partial charge in [0.05, 0.1) is 7.11 Å². The van der Waals surface area contributed by atoms with Crippen molar-refractivity contribution in [3.05, 3.63) is 22.8 Å². The van der Waals surface area contributed by atoms with Crippen LogP contribution < -0.4 is 10.1 Å². The zero-order chi connectivity index (χ0) is 13.9. The SMILES string of the molecule is COc1cc(CC2CCCCN2)c(O)c2c1CCCC2. The molecule has 20 heavy (non-hydrogen) atoms. The minimum Gasteiger partial charge on any atom is -0.507 e. The number of phenolic OH excluding ortho intramolecular Hbond substituents is 1. The number of hydrogen-bond donors (Lipinski definition) is 2. The molecule has 110 valence electrons. The predicted molar refractivity (Wildman–Crippen MR) is 80.6 cm³/mol. The van der Waals surface area contributed by atoms with Crippen molar-refractivity contribution in [3.8, 4) is 11.5 Å². The minimum absolute atomic E-state index is 0.501. The Morgan fingerprint density at radius 3 is 2.70 bits per heavy atom. The Hall–Kier alpha value is -1.22. The largest absolute Gasteiger partial charge is 0.507 e. The molecule has 3 nitrogen and oxygen atoms in total. The molecule has 1 fully saturated rings. The summed E-state index contributed by atoms with van der Waals surface area (Å²) in [5, 5.41) is 14.2. The normalized spacial score (nSPS) is 22.4. The second kappa shape index (κ2) is 6.04. The Morgan fingerprint density at radius 1 is 1.20 bits per heavy atom. The van der Waals surface area contributed by atoms with E-state index in [1.807, 2.05) is 0 Å². The highest BCUT2D eigenvalue weighted by Crippen LogP contribution is 2.39. The molecule has 1 heterocycles. The molecule has 3 rings (SSSR count). The van der Waals surface area contributed by atoms with Crippen LogP contribution >= 0.6 is 0 Å². The molecule has 0 amide bonds. The molecule has 2 aliphatic rings. The Bertz CT molecular complexity index is 478. The molecule has 3 heteroatoms. The number of rotatable bonds is 3. The van der Waals surface area contributed by atoms with Crippen LogP contribution in [0.3, 0.4) is 0 Å². The smallest absolute Gasteiger partial charge is 0.122 e. The summed E-state index contributed by atoms with van der Waals surface area (Å²) in [6, 6.07) is 2.57. The van der Waals surface area contributed by atoms with E-state index in [9.17, 15) is 5.11 Å². The van der Waals surface area contributed by atoms with E-state index in [-0.39, 0.29) is 0 Å². The molecule has 1 unspecified atom stereocenters. The number of fused-ring (bicyclic) bond motifs is 1. The van der Waals surface area contributed by atoms with Gasteiger partial charge in [0.1, 0.15) is 11.5 Å². The highest BCUT2D eigenvalue weighted by Gasteiger charge is 2.23. The first kappa shape index (κ1) is 13.7. The van der Waals surface area contributed by atoms with Gasteiger partial charge in [-0.3, -0.25) is 0 Å². The average Bonchev–Trinajstić information content (AvgIpc) is 2.51. The van der Waals surface area contributed by atoms with E-state index in [4.69, 9.17) is 4.74 Å². The fourth-order valence-electron chi connectivity index (χ4n) is 3.65. The van der Waals surface area contributed by atoms with E-state index in [1.165, 1.54) is 37.7 Å². The highest BCUT2D eigenvalue weighted by molar-refractivity contribution is 5.54. The van der Waals surface area contributed by atoms with Gasteiger partial charge in [0.25, 0.3) is 0 Å². The molecule has 0 saturated carbocycles. The second-order valence-electron chi connectivity index (χ2n) is 6.10. The van der Waals surface area contributed by atoms with Gasteiger partial charge < -0.3 is 15.2 Å². The molecular formula is C17H25NO2. The van der Waals surface area contributed by atoms with Crippen LogP contribution in [-0.4, -0.2) is 24.8 Å². The number of nitrogens with one attached hydrogen (secondary N) is 1. The quantitative estimate of drug-likeness (QED) is 0.891. The molecular weight excluding hydrogens is 250 g/mol. The molecule has 0 radical (unpaired) electrons. The van der Waals surface area contributed by atoms with Crippen LogP contribution in [0.5, 0.6) is 11.5 Å². The van der Waals surface area contributed by atoms with Crippen LogP contribution in [-0.2, 0) is 19.3 Å². The van der Waals surface area contributed by atoms with E-state index >= 15 is 0 Å². The van der Waals surface area contributed by atoms with Crippen molar-refractivity contribution in [1.82, 2.24) is 5.32 Å². The summed E-state index contributed by atoms with van der Waals surface area (Å²) in [4.78, 5) is 0. The van der Waals surface area contributed by atoms with Crippen LogP contribution in [0.1, 0.15) is 48.8 Å². The first-order valence-corrected chi connectivity index (χ1v) is 7.93. The summed E-state index contributed by atoms with van der Waals surface area (Å²) in [7, 11) is 1.74. The number of aromatic hydroxyl groups is 1. The first-order valence-electron chi connectivity index (χ1n) is 7.93. The van der Waals surface area contributed by atoms with Gasteiger partial charge in [0.15, 0.2) is 0 Å². The monoisotopic (exact) mass is 275 g/mol. The number of benzene rings is 1. The molecule has 1 saturated heterocycles. The highest BCUT2D eigenvalue weighted by atomic mass is 16.5. The Kier molecular flexibility index (Phi) is 4.16. The Morgan fingerprint density at radius 2 is 2.00 bits per heavy atom. The van der Waals surface area contributed by atoms with Crippen molar-refractivity contribution in [2.24, 2.45) is 0 Å². The molecule has 1 atom stereocenters. The van der Waals surface area contributed by atoms with Gasteiger partial charge in [-0.05, 0) is 63.1 Å². The van der Waals surface area contributed by atoms with Gasteiger partial charge in [-0.25, -0.2) is 0 Å². The lowest BCUT2D eigenvalue weighted by Crippen LogP contribution is -2.35. The molecule has 1 aromatic carbocycles. The lowest BCUT2D eigenvalue weighted by Gasteiger charge is -2.26. The molecule has 0 aromatic heterocycles. The van der Waals surface area contributed by atoms with E-state index in [2.05, 4.69) is 11.4 Å². The van der Waals surface area contributed by atoms with Crippen molar-refractivity contribution in [3.63, 3.8) is 0 Å². The van der Waals surface area contributed by atoms with Crippen LogP contribution in [0.15, 0.2) is 6.07 Å². The number of piperidine rings is 1. The van der Waals surface area contributed by atoms with Crippen molar-refractivity contribution in [1.29, 1.82) is 0 Å². The van der Waals surface area contributed by atoms with Crippen LogP contribution in [0, 0.1) is 0 Å². The maximum atomic E-state index is 10.6. The van der Waals surface area contributed by atoms with Crippen molar-refractivity contribution < 1.29 is 9.84 Å². The average molecular weight is 275 g/mol. The zero-order valence-corrected chi connectivity index (χ0v) is 12.4. The van der Waals surface area contributed by atoms with Crippen molar-refractivity contribution >= 4 is 0 Å². The van der Waals surface area contributed by atoms with E-state index in [1.54, 1.807) is 7.11 Å². The maximum Gasteiger partial charge on any atom is 0.122 e. The van der Waals surface area contributed by atoms with Gasteiger partial charge in [-0.15, -0.1) is 0 Å². The summed E-state index contributed by atoms with van der Waals surface area (Å²) in [5.41, 5.74) is 3.43. The summed E-state index contributed by atoms with van der Waals surface area (Å²) >= 11 is 0. The van der Waals surface area contributed by atoms with Crippen molar-refractivity contribution in [2.45, 2.75) is 57.4 Å². The van der Waals surface area contributed by atoms with Gasteiger partial charge in [0, 0.05) is 17.2 Å². The molecule has 1 aliphatic carbocycles. The molecule has 1 aliphatic heterocycles. The van der Waals surface area contributed by atoms with Gasteiger partial charge in [-0.2, -0.15) is 0 Å². The topological polar surface area (TPSA) is 41.5 Å². The summed E-state index contributed by atoms with van der Waals surface area (Å²) in [6.45, 7) is 1.10. The van der Waals surface area contributed by atoms with Crippen molar-refractivity contribution in [2.75, 3.05) is 13.7 Å². The third-order valence-electron chi connectivity index (χ3n) is 4.76. The number of phenols is 1. The summed E-state index contributed by atoms with van der Waals surface area (Å²) in [5.74, 6) is 1.51. The van der Waals surface area contributed by atoms with E-state index in [0.29, 0.717) is 11.8 Å². The Labute approximate surface area is 121 Å². The number of methoxy groups -OCH3 is 1. The fraction of sp³-hybridized carbons (Fsp3) is 0.647. The molecule has 2 N–H and O–H groups in total. The lowest BCUT2D eigenvalue weighted by atomic mass is 9.86. The van der Waals surface area contributed by atoms with Crippen LogP contribution in [0.25, 0.3) is 0 Å². The van der Waals surface area contributed by atoms with Crippen LogP contribution in [0.2, 0.25) is 0 Å². The van der Waals surface area contributed by atoms with Gasteiger partial charge in [-0.1, -0.05) is 6.42 Å². The molecule has 0 spiro atoms. The predicted octanol–water partition coefficient (Wildman–Crippen LogP) is 2.96. The Balaban J connectivity index is 1.89. The minimum atomic E-state index is 0.501. The first-order chi connectivity index (χ1) is 9.79. The summed E-state index contributed by atoms with van der Waals surface area (Å²) in [6.07, 6.45) is 9.09. The van der Waals surface area contributed by atoms with Gasteiger partial charge >= 0.3 is 0 Å². The number of hydrogen-bond acceptors (Lipinski definition) is 3. The second-order valence-corrected chi connectivity index (χ2v) is 6.10. The van der Waals surface area contributed by atoms with Gasteiger partial charge in [0.2, 0.25) is 0 Å². The standard InChI is InChI=1S/C17H25NO2/c1-20-16-11-12(10-13-6-4-5-9-18-13)17(19)15-8-3-2-7-14(15)16/h11,13,18-19H,2-10H2,1H3. The lowest BCUT2D eigenvalue weighted by molar-refractivity contribution is 0.381. The maximum absolute atomic E-state index is 10.6. The zero-order valence-electron chi connectivity index (χ0n) is 12.4. The fourth-order valence-corrected chi connectivity index (χ4v) is 3.65. The van der Waals surface area contributed by atoms with Crippen LogP contribution in [0.4, 0.5) is 0 Å². The van der Waals surface area contributed by atoms with E-state index < -0.39 is 0 Å². The molecule has 1 aromatic rings.